The minimum atomic E-state index is -0.300. The maximum absolute atomic E-state index is 13.1. The van der Waals surface area contributed by atoms with Crippen LogP contribution in [0.25, 0.3) is 0 Å². The van der Waals surface area contributed by atoms with Gasteiger partial charge in [0.2, 0.25) is 0 Å². The van der Waals surface area contributed by atoms with Crippen molar-refractivity contribution in [1.29, 1.82) is 0 Å². The molecular formula is C20H20FN5O. The van der Waals surface area contributed by atoms with Crippen LogP contribution in [0.4, 0.5) is 10.2 Å². The molecule has 7 heteroatoms. The highest BCUT2D eigenvalue weighted by Crippen LogP contribution is 2.28. The fraction of sp³-hybridized carbons (Fsp3) is 0.250. The van der Waals surface area contributed by atoms with Crippen LogP contribution in [0.5, 0.6) is 11.6 Å². The summed E-state index contributed by atoms with van der Waals surface area (Å²) in [6, 6.07) is 9.95. The van der Waals surface area contributed by atoms with Crippen LogP contribution in [0.1, 0.15) is 5.56 Å². The van der Waals surface area contributed by atoms with Gasteiger partial charge in [0.15, 0.2) is 5.82 Å². The zero-order valence-corrected chi connectivity index (χ0v) is 14.8. The Morgan fingerprint density at radius 3 is 2.44 bits per heavy atom. The van der Waals surface area contributed by atoms with Crippen LogP contribution in [0, 0.1) is 5.82 Å². The van der Waals surface area contributed by atoms with E-state index in [1.54, 1.807) is 30.7 Å². The Kier molecular flexibility index (Phi) is 5.20. The number of nitrogens with zero attached hydrogens (tertiary/aromatic N) is 5. The quantitative estimate of drug-likeness (QED) is 0.692. The normalized spacial score (nSPS) is 14.9. The molecule has 138 valence electrons. The lowest BCUT2D eigenvalue weighted by Gasteiger charge is -2.35. The number of rotatable bonds is 5. The van der Waals surface area contributed by atoms with Crippen LogP contribution in [0.3, 0.4) is 0 Å². The number of benzene rings is 1. The second-order valence-electron chi connectivity index (χ2n) is 6.37. The molecule has 0 aliphatic carbocycles. The summed E-state index contributed by atoms with van der Waals surface area (Å²) in [5.74, 6) is 1.38. The highest BCUT2D eigenvalue weighted by molar-refractivity contribution is 5.50. The van der Waals surface area contributed by atoms with Gasteiger partial charge in [-0.3, -0.25) is 9.88 Å². The molecule has 2 aromatic heterocycles. The fourth-order valence-electron chi connectivity index (χ4n) is 3.09. The number of hydrogen-bond acceptors (Lipinski definition) is 6. The molecule has 0 atom stereocenters. The van der Waals surface area contributed by atoms with Gasteiger partial charge in [0.25, 0.3) is 5.88 Å². The summed E-state index contributed by atoms with van der Waals surface area (Å²) in [7, 11) is 0. The molecule has 1 aromatic carbocycles. The standard InChI is InChI=1S/C20H20FN5O/c21-17-3-5-18(6-4-17)27-20-19(23-8-9-24-20)26-12-10-25(11-13-26)15-16-2-1-7-22-14-16/h1-9,14H,10-13,15H2. The van der Waals surface area contributed by atoms with E-state index in [0.717, 1.165) is 32.7 Å². The van der Waals surface area contributed by atoms with Crippen molar-refractivity contribution in [3.63, 3.8) is 0 Å². The van der Waals surface area contributed by atoms with E-state index in [1.807, 2.05) is 12.3 Å². The number of piperazine rings is 1. The summed E-state index contributed by atoms with van der Waals surface area (Å²) in [6.45, 7) is 4.39. The van der Waals surface area contributed by atoms with Gasteiger partial charge in [0.1, 0.15) is 11.6 Å². The van der Waals surface area contributed by atoms with Crippen LogP contribution in [0.2, 0.25) is 0 Å². The molecule has 1 aliphatic rings. The van der Waals surface area contributed by atoms with Crippen molar-refractivity contribution < 1.29 is 9.13 Å². The highest BCUT2D eigenvalue weighted by atomic mass is 19.1. The summed E-state index contributed by atoms with van der Waals surface area (Å²) < 4.78 is 18.9. The first kappa shape index (κ1) is 17.4. The SMILES string of the molecule is Fc1ccc(Oc2nccnc2N2CCN(Cc3cccnc3)CC2)cc1. The van der Waals surface area contributed by atoms with E-state index in [9.17, 15) is 4.39 Å². The molecule has 0 radical (unpaired) electrons. The van der Waals surface area contributed by atoms with Gasteiger partial charge in [-0.05, 0) is 35.9 Å². The van der Waals surface area contributed by atoms with E-state index in [2.05, 4.69) is 30.8 Å². The lowest BCUT2D eigenvalue weighted by molar-refractivity contribution is 0.248. The molecule has 3 heterocycles. The van der Waals surface area contributed by atoms with Crippen molar-refractivity contribution >= 4 is 5.82 Å². The van der Waals surface area contributed by atoms with E-state index in [0.29, 0.717) is 17.4 Å². The first-order valence-corrected chi connectivity index (χ1v) is 8.88. The summed E-state index contributed by atoms with van der Waals surface area (Å²) in [6.07, 6.45) is 6.96. The average molecular weight is 365 g/mol. The van der Waals surface area contributed by atoms with Gasteiger partial charge >= 0.3 is 0 Å². The Balaban J connectivity index is 1.41. The smallest absolute Gasteiger partial charge is 0.263 e. The van der Waals surface area contributed by atoms with Gasteiger partial charge in [-0.25, -0.2) is 14.4 Å². The highest BCUT2D eigenvalue weighted by Gasteiger charge is 2.22. The first-order valence-electron chi connectivity index (χ1n) is 8.88. The van der Waals surface area contributed by atoms with Crippen molar-refractivity contribution in [3.05, 3.63) is 72.6 Å². The number of pyridine rings is 1. The van der Waals surface area contributed by atoms with Crippen molar-refractivity contribution in [1.82, 2.24) is 19.9 Å². The lowest BCUT2D eigenvalue weighted by atomic mass is 10.2. The van der Waals surface area contributed by atoms with Crippen LogP contribution in [-0.4, -0.2) is 46.0 Å². The van der Waals surface area contributed by atoms with E-state index in [4.69, 9.17) is 4.74 Å². The molecule has 6 nitrogen and oxygen atoms in total. The van der Waals surface area contributed by atoms with E-state index in [1.165, 1.54) is 17.7 Å². The third-order valence-corrected chi connectivity index (χ3v) is 4.48. The molecule has 0 unspecified atom stereocenters. The zero-order chi connectivity index (χ0) is 18.5. The summed E-state index contributed by atoms with van der Waals surface area (Å²) in [5, 5.41) is 0. The van der Waals surface area contributed by atoms with Crippen molar-refractivity contribution in [2.24, 2.45) is 0 Å². The number of hydrogen-bond donors (Lipinski definition) is 0. The van der Waals surface area contributed by atoms with Crippen molar-refractivity contribution in [2.45, 2.75) is 6.54 Å². The minimum absolute atomic E-state index is 0.300. The molecule has 3 aromatic rings. The maximum atomic E-state index is 13.1. The fourth-order valence-corrected chi connectivity index (χ4v) is 3.09. The van der Waals surface area contributed by atoms with Crippen molar-refractivity contribution in [3.8, 4) is 11.6 Å². The number of anilines is 1. The Morgan fingerprint density at radius 1 is 0.926 bits per heavy atom. The second kappa shape index (κ2) is 8.09. The van der Waals surface area contributed by atoms with Crippen LogP contribution < -0.4 is 9.64 Å². The topological polar surface area (TPSA) is 54.4 Å². The van der Waals surface area contributed by atoms with Crippen LogP contribution >= 0.6 is 0 Å². The Labute approximate surface area is 157 Å². The van der Waals surface area contributed by atoms with Gasteiger partial charge in [0, 0.05) is 57.5 Å². The molecule has 0 saturated carbocycles. The van der Waals surface area contributed by atoms with Gasteiger partial charge in [-0.2, -0.15) is 0 Å². The average Bonchev–Trinajstić information content (AvgIpc) is 2.72. The summed E-state index contributed by atoms with van der Waals surface area (Å²) in [5.41, 5.74) is 1.21. The van der Waals surface area contributed by atoms with Crippen LogP contribution in [-0.2, 0) is 6.54 Å². The second-order valence-corrected chi connectivity index (χ2v) is 6.37. The van der Waals surface area contributed by atoms with E-state index < -0.39 is 0 Å². The Hall–Kier alpha value is -3.06. The van der Waals surface area contributed by atoms with Crippen LogP contribution in [0.15, 0.2) is 61.2 Å². The predicted octanol–water partition coefficient (Wildman–Crippen LogP) is 3.13. The molecule has 0 amide bonds. The van der Waals surface area contributed by atoms with Crippen molar-refractivity contribution in [2.75, 3.05) is 31.1 Å². The monoisotopic (exact) mass is 365 g/mol. The summed E-state index contributed by atoms with van der Waals surface area (Å²) in [4.78, 5) is 17.5. The third kappa shape index (κ3) is 4.38. The molecule has 1 aliphatic heterocycles. The molecule has 4 rings (SSSR count). The van der Waals surface area contributed by atoms with Gasteiger partial charge in [-0.1, -0.05) is 6.07 Å². The molecule has 1 fully saturated rings. The predicted molar refractivity (Wildman–Crippen MR) is 100 cm³/mol. The van der Waals surface area contributed by atoms with Gasteiger partial charge in [-0.15, -0.1) is 0 Å². The lowest BCUT2D eigenvalue weighted by Crippen LogP contribution is -2.46. The zero-order valence-electron chi connectivity index (χ0n) is 14.8. The Bertz CT molecular complexity index is 867. The molecule has 0 N–H and O–H groups in total. The molecule has 1 saturated heterocycles. The number of ether oxygens (including phenoxy) is 1. The largest absolute Gasteiger partial charge is 0.436 e. The van der Waals surface area contributed by atoms with Gasteiger partial charge in [0.05, 0.1) is 0 Å². The molecular weight excluding hydrogens is 345 g/mol. The van der Waals surface area contributed by atoms with Gasteiger partial charge < -0.3 is 9.64 Å². The van der Waals surface area contributed by atoms with E-state index >= 15 is 0 Å². The molecule has 0 spiro atoms. The molecule has 27 heavy (non-hydrogen) atoms. The first-order chi connectivity index (χ1) is 13.3. The summed E-state index contributed by atoms with van der Waals surface area (Å²) >= 11 is 0. The minimum Gasteiger partial charge on any atom is -0.436 e. The maximum Gasteiger partial charge on any atom is 0.263 e. The Morgan fingerprint density at radius 2 is 1.70 bits per heavy atom. The van der Waals surface area contributed by atoms with E-state index in [-0.39, 0.29) is 5.82 Å². The number of aromatic nitrogens is 3. The molecule has 0 bridgehead atoms. The number of halogens is 1. The third-order valence-electron chi connectivity index (χ3n) is 4.48.